The van der Waals surface area contributed by atoms with Gasteiger partial charge in [0.15, 0.2) is 0 Å². The van der Waals surface area contributed by atoms with Gasteiger partial charge in [-0.2, -0.15) is 0 Å². The summed E-state index contributed by atoms with van der Waals surface area (Å²) in [5, 5.41) is 0. The Kier molecular flexibility index (Phi) is 16.4. The molecule has 0 aromatic rings. The van der Waals surface area contributed by atoms with Crippen LogP contribution in [-0.2, 0) is 19.1 Å². The molecule has 0 amide bonds. The SMILES string of the molecule is CCCCC(CC)COC(=O)CCC(C)CC(=O)OCC(CC)CCCC. The quantitative estimate of drug-likeness (QED) is 0.276. The monoisotopic (exact) mass is 384 g/mol. The number of hydrogen-bond donors (Lipinski definition) is 0. The lowest BCUT2D eigenvalue weighted by Crippen LogP contribution is -2.17. The first-order valence-corrected chi connectivity index (χ1v) is 11.3. The maximum Gasteiger partial charge on any atom is 0.306 e. The molecule has 4 nitrogen and oxygen atoms in total. The first-order chi connectivity index (χ1) is 13.0. The van der Waals surface area contributed by atoms with Gasteiger partial charge in [0.25, 0.3) is 0 Å². The molecule has 0 radical (unpaired) electrons. The molecule has 160 valence electrons. The molecule has 3 unspecified atom stereocenters. The Morgan fingerprint density at radius 1 is 0.741 bits per heavy atom. The lowest BCUT2D eigenvalue weighted by Gasteiger charge is -2.17. The third-order valence-electron chi connectivity index (χ3n) is 5.40. The summed E-state index contributed by atoms with van der Waals surface area (Å²) in [7, 11) is 0. The number of carbonyl (C=O) groups excluding carboxylic acids is 2. The third kappa shape index (κ3) is 14.6. The predicted octanol–water partition coefficient (Wildman–Crippen LogP) is 6.31. The number of rotatable bonds is 17. The van der Waals surface area contributed by atoms with Crippen molar-refractivity contribution in [3.05, 3.63) is 0 Å². The van der Waals surface area contributed by atoms with Crippen molar-refractivity contribution < 1.29 is 19.1 Å². The van der Waals surface area contributed by atoms with Crippen LogP contribution in [0.2, 0.25) is 0 Å². The van der Waals surface area contributed by atoms with Crippen LogP contribution in [0.15, 0.2) is 0 Å². The molecule has 3 atom stereocenters. The molecular weight excluding hydrogens is 340 g/mol. The zero-order chi connectivity index (χ0) is 20.5. The maximum absolute atomic E-state index is 12.0. The van der Waals surface area contributed by atoms with E-state index in [0.717, 1.165) is 25.7 Å². The van der Waals surface area contributed by atoms with Crippen LogP contribution in [0, 0.1) is 17.8 Å². The van der Waals surface area contributed by atoms with E-state index >= 15 is 0 Å². The summed E-state index contributed by atoms with van der Waals surface area (Å²) < 4.78 is 10.9. The van der Waals surface area contributed by atoms with Crippen molar-refractivity contribution in [2.75, 3.05) is 13.2 Å². The molecule has 0 heterocycles. The number of esters is 2. The van der Waals surface area contributed by atoms with Crippen LogP contribution < -0.4 is 0 Å². The van der Waals surface area contributed by atoms with E-state index in [9.17, 15) is 9.59 Å². The molecule has 0 aromatic heterocycles. The lowest BCUT2D eigenvalue weighted by atomic mass is 10.00. The molecule has 0 N–H and O–H groups in total. The van der Waals surface area contributed by atoms with E-state index in [-0.39, 0.29) is 17.9 Å². The van der Waals surface area contributed by atoms with Gasteiger partial charge in [0.1, 0.15) is 0 Å². The molecule has 0 bridgehead atoms. The topological polar surface area (TPSA) is 52.6 Å². The first kappa shape index (κ1) is 25.9. The van der Waals surface area contributed by atoms with E-state index in [1.807, 2.05) is 6.92 Å². The van der Waals surface area contributed by atoms with Gasteiger partial charge < -0.3 is 9.47 Å². The van der Waals surface area contributed by atoms with Crippen LogP contribution in [0.1, 0.15) is 105 Å². The van der Waals surface area contributed by atoms with Crippen molar-refractivity contribution in [3.63, 3.8) is 0 Å². The van der Waals surface area contributed by atoms with Gasteiger partial charge in [-0.3, -0.25) is 9.59 Å². The van der Waals surface area contributed by atoms with Gasteiger partial charge >= 0.3 is 11.9 Å². The largest absolute Gasteiger partial charge is 0.465 e. The number of ether oxygens (including phenoxy) is 2. The van der Waals surface area contributed by atoms with Gasteiger partial charge in [-0.05, 0) is 37.0 Å². The van der Waals surface area contributed by atoms with Crippen LogP contribution >= 0.6 is 0 Å². The van der Waals surface area contributed by atoms with Gasteiger partial charge in [0, 0.05) is 12.8 Å². The van der Waals surface area contributed by atoms with E-state index in [0.29, 0.717) is 44.3 Å². The summed E-state index contributed by atoms with van der Waals surface area (Å²) in [5.41, 5.74) is 0. The van der Waals surface area contributed by atoms with E-state index in [2.05, 4.69) is 27.7 Å². The summed E-state index contributed by atoms with van der Waals surface area (Å²) in [5.74, 6) is 0.800. The molecule has 27 heavy (non-hydrogen) atoms. The van der Waals surface area contributed by atoms with Gasteiger partial charge in [0.2, 0.25) is 0 Å². The summed E-state index contributed by atoms with van der Waals surface area (Å²) in [4.78, 5) is 24.0. The van der Waals surface area contributed by atoms with Crippen molar-refractivity contribution >= 4 is 11.9 Å². The molecule has 0 saturated heterocycles. The average Bonchev–Trinajstić information content (AvgIpc) is 2.66. The summed E-state index contributed by atoms with van der Waals surface area (Å²) in [6.45, 7) is 11.7. The fourth-order valence-electron chi connectivity index (χ4n) is 3.10. The molecule has 0 aromatic carbocycles. The Balaban J connectivity index is 3.94. The van der Waals surface area contributed by atoms with Crippen molar-refractivity contribution in [1.29, 1.82) is 0 Å². The van der Waals surface area contributed by atoms with Crippen LogP contribution in [0.25, 0.3) is 0 Å². The Labute approximate surface area is 167 Å². The van der Waals surface area contributed by atoms with Gasteiger partial charge in [-0.1, -0.05) is 73.1 Å². The van der Waals surface area contributed by atoms with E-state index in [4.69, 9.17) is 9.47 Å². The highest BCUT2D eigenvalue weighted by atomic mass is 16.5. The van der Waals surface area contributed by atoms with Crippen LogP contribution in [-0.4, -0.2) is 25.2 Å². The standard InChI is InChI=1S/C23H44O4/c1-6-10-12-20(8-3)17-26-22(24)15-14-19(5)16-23(25)27-18-21(9-4)13-11-7-2/h19-21H,6-18H2,1-5H3. The van der Waals surface area contributed by atoms with E-state index in [1.54, 1.807) is 0 Å². The second kappa shape index (κ2) is 17.1. The minimum absolute atomic E-state index is 0.142. The predicted molar refractivity (Wildman–Crippen MR) is 112 cm³/mol. The van der Waals surface area contributed by atoms with Crippen molar-refractivity contribution in [2.24, 2.45) is 17.8 Å². The fourth-order valence-corrected chi connectivity index (χ4v) is 3.10. The summed E-state index contributed by atoms with van der Waals surface area (Å²) in [6, 6.07) is 0. The molecule has 0 fully saturated rings. The minimum Gasteiger partial charge on any atom is -0.465 e. The second-order valence-corrected chi connectivity index (χ2v) is 8.05. The van der Waals surface area contributed by atoms with Crippen molar-refractivity contribution in [1.82, 2.24) is 0 Å². The summed E-state index contributed by atoms with van der Waals surface area (Å²) in [6.07, 6.45) is 10.5. The number of hydrogen-bond acceptors (Lipinski definition) is 4. The van der Waals surface area contributed by atoms with Gasteiger partial charge in [-0.15, -0.1) is 0 Å². The molecule has 0 rings (SSSR count). The Hall–Kier alpha value is -1.06. The Morgan fingerprint density at radius 2 is 1.22 bits per heavy atom. The normalized spacial score (nSPS) is 14.4. The van der Waals surface area contributed by atoms with Crippen LogP contribution in [0.5, 0.6) is 0 Å². The maximum atomic E-state index is 12.0. The Bertz CT molecular complexity index is 381. The zero-order valence-electron chi connectivity index (χ0n) is 18.6. The molecule has 0 aliphatic heterocycles. The molecule has 0 spiro atoms. The molecule has 0 aliphatic rings. The third-order valence-corrected chi connectivity index (χ3v) is 5.40. The smallest absolute Gasteiger partial charge is 0.306 e. The molecule has 0 saturated carbocycles. The van der Waals surface area contributed by atoms with Crippen LogP contribution in [0.4, 0.5) is 0 Å². The molecule has 4 heteroatoms. The highest BCUT2D eigenvalue weighted by Crippen LogP contribution is 2.17. The fraction of sp³-hybridized carbons (Fsp3) is 0.913. The second-order valence-electron chi connectivity index (χ2n) is 8.05. The first-order valence-electron chi connectivity index (χ1n) is 11.3. The van der Waals surface area contributed by atoms with E-state index < -0.39 is 0 Å². The van der Waals surface area contributed by atoms with Crippen molar-refractivity contribution in [2.45, 2.75) is 105 Å². The molecule has 0 aliphatic carbocycles. The van der Waals surface area contributed by atoms with Gasteiger partial charge in [0.05, 0.1) is 13.2 Å². The van der Waals surface area contributed by atoms with Crippen molar-refractivity contribution in [3.8, 4) is 0 Å². The summed E-state index contributed by atoms with van der Waals surface area (Å²) >= 11 is 0. The molecular formula is C23H44O4. The van der Waals surface area contributed by atoms with E-state index in [1.165, 1.54) is 25.7 Å². The number of carbonyl (C=O) groups is 2. The zero-order valence-corrected chi connectivity index (χ0v) is 18.6. The van der Waals surface area contributed by atoms with Crippen LogP contribution in [0.3, 0.4) is 0 Å². The lowest BCUT2D eigenvalue weighted by molar-refractivity contribution is -0.148. The number of unbranched alkanes of at least 4 members (excludes halogenated alkanes) is 2. The highest BCUT2D eigenvalue weighted by Gasteiger charge is 2.16. The highest BCUT2D eigenvalue weighted by molar-refractivity contribution is 5.70. The Morgan fingerprint density at radius 3 is 1.67 bits per heavy atom. The minimum atomic E-state index is -0.143. The average molecular weight is 385 g/mol. The van der Waals surface area contributed by atoms with Gasteiger partial charge in [-0.25, -0.2) is 0 Å².